The number of methoxy groups -OCH3 is 1. The van der Waals surface area contributed by atoms with Gasteiger partial charge in [-0.05, 0) is 37.6 Å². The summed E-state index contributed by atoms with van der Waals surface area (Å²) in [7, 11) is 1.65. The summed E-state index contributed by atoms with van der Waals surface area (Å²) < 4.78 is 10.4. The maximum absolute atomic E-state index is 11.6. The van der Waals surface area contributed by atoms with Gasteiger partial charge in [0.1, 0.15) is 12.4 Å². The minimum absolute atomic E-state index is 0.250. The summed E-state index contributed by atoms with van der Waals surface area (Å²) in [5, 5.41) is 3.47. The highest BCUT2D eigenvalue weighted by Crippen LogP contribution is 2.25. The Morgan fingerprint density at radius 1 is 1.48 bits per heavy atom. The van der Waals surface area contributed by atoms with E-state index in [1.807, 2.05) is 6.07 Å². The number of ether oxygens (including phenoxy) is 2. The molecule has 21 heavy (non-hydrogen) atoms. The van der Waals surface area contributed by atoms with Gasteiger partial charge in [-0.15, -0.1) is 0 Å². The third kappa shape index (κ3) is 3.88. The lowest BCUT2D eigenvalue weighted by Gasteiger charge is -2.19. The van der Waals surface area contributed by atoms with Gasteiger partial charge >= 0.3 is 6.09 Å². The second kappa shape index (κ2) is 7.31. The number of cyclic esters (lactones) is 1. The van der Waals surface area contributed by atoms with Gasteiger partial charge in [-0.1, -0.05) is 13.0 Å². The van der Waals surface area contributed by atoms with E-state index in [9.17, 15) is 4.79 Å². The first-order valence-electron chi connectivity index (χ1n) is 7.47. The van der Waals surface area contributed by atoms with Crippen molar-refractivity contribution in [2.75, 3.05) is 26.8 Å². The van der Waals surface area contributed by atoms with E-state index in [0.717, 1.165) is 24.3 Å². The van der Waals surface area contributed by atoms with Gasteiger partial charge < -0.3 is 19.7 Å². The highest BCUT2D eigenvalue weighted by Gasteiger charge is 2.23. The molecular weight excluding hydrogens is 268 g/mol. The average Bonchev–Trinajstić information content (AvgIpc) is 2.90. The Balaban J connectivity index is 2.15. The normalized spacial score (nSPS) is 16.0. The second-order valence-corrected chi connectivity index (χ2v) is 5.28. The van der Waals surface area contributed by atoms with Crippen molar-refractivity contribution in [1.29, 1.82) is 0 Å². The molecule has 1 aliphatic heterocycles. The monoisotopic (exact) mass is 292 g/mol. The molecule has 1 atom stereocenters. The first kappa shape index (κ1) is 15.6. The Morgan fingerprint density at radius 3 is 2.90 bits per heavy atom. The Bertz CT molecular complexity index is 490. The zero-order valence-corrected chi connectivity index (χ0v) is 13.0. The molecule has 2 rings (SSSR count). The highest BCUT2D eigenvalue weighted by atomic mass is 16.6. The molecule has 1 heterocycles. The van der Waals surface area contributed by atoms with Crippen LogP contribution in [0.1, 0.15) is 37.4 Å². The molecule has 1 aromatic rings. The predicted molar refractivity (Wildman–Crippen MR) is 81.5 cm³/mol. The molecule has 0 spiro atoms. The number of nitrogens with zero attached hydrogens (tertiary/aromatic N) is 1. The number of rotatable bonds is 7. The smallest absolute Gasteiger partial charge is 0.410 e. The summed E-state index contributed by atoms with van der Waals surface area (Å²) in [4.78, 5) is 13.3. The molecular formula is C16H24N2O3. The number of hydrogen-bond acceptors (Lipinski definition) is 4. The van der Waals surface area contributed by atoms with Gasteiger partial charge in [-0.2, -0.15) is 0 Å². The van der Waals surface area contributed by atoms with Gasteiger partial charge in [0.25, 0.3) is 0 Å². The maximum Gasteiger partial charge on any atom is 0.410 e. The molecule has 0 saturated carbocycles. The molecule has 1 aliphatic rings. The minimum atomic E-state index is -0.250. The summed E-state index contributed by atoms with van der Waals surface area (Å²) in [6.45, 7) is 6.91. The van der Waals surface area contributed by atoms with Crippen LogP contribution in [0.2, 0.25) is 0 Å². The molecule has 1 aromatic carbocycles. The average molecular weight is 292 g/mol. The van der Waals surface area contributed by atoms with Crippen LogP contribution in [0.5, 0.6) is 5.75 Å². The zero-order valence-electron chi connectivity index (χ0n) is 13.0. The van der Waals surface area contributed by atoms with Crippen LogP contribution in [0.25, 0.3) is 0 Å². The maximum atomic E-state index is 11.6. The molecule has 0 aromatic heterocycles. The Kier molecular flexibility index (Phi) is 5.44. The van der Waals surface area contributed by atoms with Gasteiger partial charge in [0.15, 0.2) is 0 Å². The first-order chi connectivity index (χ1) is 10.2. The topological polar surface area (TPSA) is 50.8 Å². The highest BCUT2D eigenvalue weighted by molar-refractivity contribution is 5.69. The number of benzene rings is 1. The summed E-state index contributed by atoms with van der Waals surface area (Å²) in [6, 6.07) is 6.42. The fraction of sp³-hybridized carbons (Fsp3) is 0.562. The first-order valence-corrected chi connectivity index (χ1v) is 7.47. The van der Waals surface area contributed by atoms with Gasteiger partial charge in [0, 0.05) is 11.6 Å². The standard InChI is InChI=1S/C16H24N2O3/c1-4-7-17-12(2)13-5-6-15(20-3)14(10-13)11-18-8-9-21-16(18)19/h5-6,10,12,17H,4,7-9,11H2,1-3H3. The molecule has 0 aliphatic carbocycles. The Morgan fingerprint density at radius 2 is 2.29 bits per heavy atom. The minimum Gasteiger partial charge on any atom is -0.496 e. The van der Waals surface area contributed by atoms with Crippen molar-refractivity contribution in [3.63, 3.8) is 0 Å². The predicted octanol–water partition coefficient (Wildman–Crippen LogP) is 2.71. The van der Waals surface area contributed by atoms with Gasteiger partial charge in [0.05, 0.1) is 20.2 Å². The van der Waals surface area contributed by atoms with Crippen LogP contribution in [0.15, 0.2) is 18.2 Å². The van der Waals surface area contributed by atoms with Crippen LogP contribution < -0.4 is 10.1 Å². The molecule has 1 saturated heterocycles. The van der Waals surface area contributed by atoms with E-state index in [4.69, 9.17) is 9.47 Å². The largest absolute Gasteiger partial charge is 0.496 e. The van der Waals surface area contributed by atoms with Crippen molar-refractivity contribution in [3.05, 3.63) is 29.3 Å². The van der Waals surface area contributed by atoms with Crippen molar-refractivity contribution in [1.82, 2.24) is 10.2 Å². The summed E-state index contributed by atoms with van der Waals surface area (Å²) in [6.07, 6.45) is 0.854. The van der Waals surface area contributed by atoms with Crippen molar-refractivity contribution in [3.8, 4) is 5.75 Å². The van der Waals surface area contributed by atoms with E-state index in [1.165, 1.54) is 5.56 Å². The third-order valence-corrected chi connectivity index (χ3v) is 3.71. The molecule has 5 nitrogen and oxygen atoms in total. The van der Waals surface area contributed by atoms with Crippen LogP contribution in [-0.4, -0.2) is 37.8 Å². The number of amides is 1. The van der Waals surface area contributed by atoms with E-state index in [2.05, 4.69) is 31.3 Å². The molecule has 1 unspecified atom stereocenters. The van der Waals surface area contributed by atoms with E-state index < -0.39 is 0 Å². The molecule has 1 N–H and O–H groups in total. The van der Waals surface area contributed by atoms with Gasteiger partial charge in [0.2, 0.25) is 0 Å². The van der Waals surface area contributed by atoms with Crippen molar-refractivity contribution >= 4 is 6.09 Å². The molecule has 0 bridgehead atoms. The summed E-state index contributed by atoms with van der Waals surface area (Å²) >= 11 is 0. The van der Waals surface area contributed by atoms with Crippen LogP contribution in [0.3, 0.4) is 0 Å². The lowest BCUT2D eigenvalue weighted by atomic mass is 10.0. The van der Waals surface area contributed by atoms with Crippen LogP contribution >= 0.6 is 0 Å². The molecule has 5 heteroatoms. The number of carbonyl (C=O) groups excluding carboxylic acids is 1. The third-order valence-electron chi connectivity index (χ3n) is 3.71. The van der Waals surface area contributed by atoms with E-state index in [1.54, 1.807) is 12.0 Å². The summed E-state index contributed by atoms with van der Waals surface area (Å²) in [5.74, 6) is 0.807. The Labute approximate surface area is 126 Å². The van der Waals surface area contributed by atoms with E-state index >= 15 is 0 Å². The Hall–Kier alpha value is -1.75. The molecule has 1 amide bonds. The molecule has 0 radical (unpaired) electrons. The zero-order chi connectivity index (χ0) is 15.2. The second-order valence-electron chi connectivity index (χ2n) is 5.28. The van der Waals surface area contributed by atoms with Crippen LogP contribution in [0, 0.1) is 0 Å². The van der Waals surface area contributed by atoms with Crippen LogP contribution in [0.4, 0.5) is 4.79 Å². The molecule has 1 fully saturated rings. The van der Waals surface area contributed by atoms with Crippen molar-refractivity contribution in [2.24, 2.45) is 0 Å². The van der Waals surface area contributed by atoms with E-state index in [0.29, 0.717) is 19.7 Å². The van der Waals surface area contributed by atoms with Gasteiger partial charge in [-0.3, -0.25) is 0 Å². The fourth-order valence-corrected chi connectivity index (χ4v) is 2.45. The van der Waals surface area contributed by atoms with Crippen molar-refractivity contribution < 1.29 is 14.3 Å². The van der Waals surface area contributed by atoms with Gasteiger partial charge in [-0.25, -0.2) is 4.79 Å². The lowest BCUT2D eigenvalue weighted by molar-refractivity contribution is 0.157. The molecule has 116 valence electrons. The van der Waals surface area contributed by atoms with E-state index in [-0.39, 0.29) is 12.1 Å². The van der Waals surface area contributed by atoms with Crippen LogP contribution in [-0.2, 0) is 11.3 Å². The number of carbonyl (C=O) groups is 1. The summed E-state index contributed by atoms with van der Waals surface area (Å²) in [5.41, 5.74) is 2.21. The number of nitrogens with one attached hydrogen (secondary N) is 1. The fourth-order valence-electron chi connectivity index (χ4n) is 2.45. The number of hydrogen-bond donors (Lipinski definition) is 1. The lowest BCUT2D eigenvalue weighted by Crippen LogP contribution is -2.24. The van der Waals surface area contributed by atoms with Crippen molar-refractivity contribution in [2.45, 2.75) is 32.9 Å². The SMILES string of the molecule is CCCNC(C)c1ccc(OC)c(CN2CCOC2=O)c1. The quantitative estimate of drug-likeness (QED) is 0.839.